The lowest BCUT2D eigenvalue weighted by Crippen LogP contribution is -2.30. The zero-order valence-electron chi connectivity index (χ0n) is 11.6. The molecule has 0 aromatic carbocycles. The van der Waals surface area contributed by atoms with Gasteiger partial charge in [-0.3, -0.25) is 0 Å². The first kappa shape index (κ1) is 13.3. The van der Waals surface area contributed by atoms with Crippen LogP contribution in [-0.2, 0) is 0 Å². The number of hydrogen-bond donors (Lipinski definition) is 1. The zero-order valence-corrected chi connectivity index (χ0v) is 11.6. The fourth-order valence-corrected chi connectivity index (χ4v) is 1.80. The van der Waals surface area contributed by atoms with Crippen LogP contribution < -0.4 is 15.1 Å². The first-order chi connectivity index (χ1) is 9.15. The van der Waals surface area contributed by atoms with Gasteiger partial charge >= 0.3 is 0 Å². The van der Waals surface area contributed by atoms with Gasteiger partial charge in [-0.2, -0.15) is 20.2 Å². The van der Waals surface area contributed by atoms with Crippen LogP contribution >= 0.6 is 0 Å². The molecule has 2 rings (SSSR count). The molecule has 19 heavy (non-hydrogen) atoms. The largest absolute Gasteiger partial charge is 0.357 e. The van der Waals surface area contributed by atoms with Gasteiger partial charge in [0.1, 0.15) is 0 Å². The van der Waals surface area contributed by atoms with Crippen LogP contribution in [0.4, 0.5) is 17.8 Å². The topological polar surface area (TPSA) is 81.0 Å². The molecule has 1 N–H and O–H groups in total. The van der Waals surface area contributed by atoms with Crippen LogP contribution in [0.25, 0.3) is 0 Å². The zero-order chi connectivity index (χ0) is 13.8. The molecule has 1 fully saturated rings. The summed E-state index contributed by atoms with van der Waals surface area (Å²) in [4.78, 5) is 17.1. The van der Waals surface area contributed by atoms with Crippen molar-refractivity contribution >= 4 is 17.8 Å². The highest BCUT2D eigenvalue weighted by Gasteiger charge is 2.31. The van der Waals surface area contributed by atoms with E-state index in [0.717, 1.165) is 12.8 Å². The quantitative estimate of drug-likeness (QED) is 0.813. The van der Waals surface area contributed by atoms with Crippen LogP contribution in [0.15, 0.2) is 0 Å². The molecule has 0 radical (unpaired) electrons. The second kappa shape index (κ2) is 5.69. The molecule has 0 atom stereocenters. The van der Waals surface area contributed by atoms with Gasteiger partial charge in [-0.15, -0.1) is 0 Å². The summed E-state index contributed by atoms with van der Waals surface area (Å²) in [7, 11) is 5.58. The molecule has 1 saturated carbocycles. The van der Waals surface area contributed by atoms with E-state index in [1.807, 2.05) is 19.0 Å². The highest BCUT2D eigenvalue weighted by atomic mass is 15.4. The summed E-state index contributed by atoms with van der Waals surface area (Å²) in [6.07, 6.45) is 2.76. The number of nitriles is 1. The summed E-state index contributed by atoms with van der Waals surface area (Å²) < 4.78 is 0. The van der Waals surface area contributed by atoms with E-state index in [1.54, 1.807) is 7.05 Å². The summed E-state index contributed by atoms with van der Waals surface area (Å²) in [5.74, 6) is 1.83. The lowest BCUT2D eigenvalue weighted by atomic mass is 10.4. The Morgan fingerprint density at radius 2 is 1.95 bits per heavy atom. The van der Waals surface area contributed by atoms with E-state index >= 15 is 0 Å². The molecule has 1 aromatic rings. The van der Waals surface area contributed by atoms with Crippen molar-refractivity contribution in [2.75, 3.05) is 42.8 Å². The Morgan fingerprint density at radius 3 is 2.47 bits per heavy atom. The van der Waals surface area contributed by atoms with E-state index in [-0.39, 0.29) is 0 Å². The molecule has 1 heterocycles. The SMILES string of the molecule is CNc1nc(N(C)C)nc(N(CCC#N)C2CC2)n1. The van der Waals surface area contributed by atoms with E-state index in [4.69, 9.17) is 5.26 Å². The Bertz CT molecular complexity index is 475. The Labute approximate surface area is 113 Å². The van der Waals surface area contributed by atoms with Crippen LogP contribution in [0.1, 0.15) is 19.3 Å². The van der Waals surface area contributed by atoms with E-state index < -0.39 is 0 Å². The summed E-state index contributed by atoms with van der Waals surface area (Å²) in [6, 6.07) is 2.65. The highest BCUT2D eigenvalue weighted by molar-refractivity contribution is 5.45. The smallest absolute Gasteiger partial charge is 0.232 e. The number of hydrogen-bond acceptors (Lipinski definition) is 7. The predicted octanol–water partition coefficient (Wildman–Crippen LogP) is 0.862. The third-order valence-electron chi connectivity index (χ3n) is 2.94. The molecular formula is C12H19N7. The van der Waals surface area contributed by atoms with Crippen molar-refractivity contribution in [3.63, 3.8) is 0 Å². The lowest BCUT2D eigenvalue weighted by molar-refractivity contribution is 0.752. The Kier molecular flexibility index (Phi) is 4.00. The maximum Gasteiger partial charge on any atom is 0.232 e. The van der Waals surface area contributed by atoms with Crippen LogP contribution in [0.5, 0.6) is 0 Å². The van der Waals surface area contributed by atoms with Crippen LogP contribution in [-0.4, -0.2) is 48.7 Å². The minimum Gasteiger partial charge on any atom is -0.357 e. The Morgan fingerprint density at radius 1 is 1.26 bits per heavy atom. The van der Waals surface area contributed by atoms with Crippen LogP contribution in [0.3, 0.4) is 0 Å². The summed E-state index contributed by atoms with van der Waals surface area (Å²) in [5.41, 5.74) is 0. The molecule has 0 unspecified atom stereocenters. The van der Waals surface area contributed by atoms with Crippen molar-refractivity contribution < 1.29 is 0 Å². The first-order valence-electron chi connectivity index (χ1n) is 6.40. The molecule has 0 aliphatic heterocycles. The van der Waals surface area contributed by atoms with Crippen molar-refractivity contribution in [1.29, 1.82) is 5.26 Å². The molecule has 0 amide bonds. The van der Waals surface area contributed by atoms with Gasteiger partial charge < -0.3 is 15.1 Å². The third kappa shape index (κ3) is 3.22. The van der Waals surface area contributed by atoms with Crippen molar-refractivity contribution in [1.82, 2.24) is 15.0 Å². The number of rotatable bonds is 6. The van der Waals surface area contributed by atoms with Crippen molar-refractivity contribution in [2.24, 2.45) is 0 Å². The predicted molar refractivity (Wildman–Crippen MR) is 74.3 cm³/mol. The molecule has 102 valence electrons. The maximum atomic E-state index is 8.76. The Hall–Kier alpha value is -2.10. The van der Waals surface area contributed by atoms with Gasteiger partial charge in [-0.1, -0.05) is 0 Å². The second-order valence-corrected chi connectivity index (χ2v) is 4.74. The van der Waals surface area contributed by atoms with Gasteiger partial charge in [-0.05, 0) is 12.8 Å². The van der Waals surface area contributed by atoms with Gasteiger partial charge in [0.25, 0.3) is 0 Å². The molecular weight excluding hydrogens is 242 g/mol. The van der Waals surface area contributed by atoms with Crippen molar-refractivity contribution in [3.05, 3.63) is 0 Å². The van der Waals surface area contributed by atoms with Gasteiger partial charge in [0.05, 0.1) is 12.5 Å². The fraction of sp³-hybridized carbons (Fsp3) is 0.667. The standard InChI is InChI=1S/C12H19N7/c1-14-10-15-11(18(2)3)17-12(16-10)19(8-4-7-13)9-5-6-9/h9H,4-6,8H2,1-3H3,(H,14,15,16,17). The minimum atomic E-state index is 0.468. The number of aromatic nitrogens is 3. The summed E-state index contributed by atoms with van der Waals surface area (Å²) in [6.45, 7) is 0.668. The van der Waals surface area contributed by atoms with E-state index in [9.17, 15) is 0 Å². The molecule has 1 aliphatic carbocycles. The number of nitrogens with zero attached hydrogens (tertiary/aromatic N) is 6. The molecule has 7 nitrogen and oxygen atoms in total. The average Bonchev–Trinajstić information content (AvgIpc) is 3.23. The summed E-state index contributed by atoms with van der Waals surface area (Å²) in [5, 5.41) is 11.7. The van der Waals surface area contributed by atoms with Crippen LogP contribution in [0, 0.1) is 11.3 Å². The minimum absolute atomic E-state index is 0.468. The Balaban J connectivity index is 2.29. The first-order valence-corrected chi connectivity index (χ1v) is 6.40. The average molecular weight is 261 g/mol. The van der Waals surface area contributed by atoms with Crippen molar-refractivity contribution in [2.45, 2.75) is 25.3 Å². The highest BCUT2D eigenvalue weighted by Crippen LogP contribution is 2.30. The van der Waals surface area contributed by atoms with Crippen molar-refractivity contribution in [3.8, 4) is 6.07 Å². The summed E-state index contributed by atoms with van der Waals surface area (Å²) >= 11 is 0. The molecule has 1 aliphatic rings. The van der Waals surface area contributed by atoms with Gasteiger partial charge in [0.2, 0.25) is 17.8 Å². The molecule has 1 aromatic heterocycles. The number of nitrogens with one attached hydrogen (secondary N) is 1. The molecule has 0 saturated heterocycles. The molecule has 0 spiro atoms. The monoisotopic (exact) mass is 261 g/mol. The third-order valence-corrected chi connectivity index (χ3v) is 2.94. The maximum absolute atomic E-state index is 8.76. The fourth-order valence-electron chi connectivity index (χ4n) is 1.80. The number of anilines is 3. The molecule has 0 bridgehead atoms. The second-order valence-electron chi connectivity index (χ2n) is 4.74. The van der Waals surface area contributed by atoms with E-state index in [1.165, 1.54) is 0 Å². The van der Waals surface area contributed by atoms with Crippen LogP contribution in [0.2, 0.25) is 0 Å². The normalized spacial score (nSPS) is 13.8. The lowest BCUT2D eigenvalue weighted by Gasteiger charge is -2.22. The van der Waals surface area contributed by atoms with E-state index in [0.29, 0.717) is 36.9 Å². The molecule has 7 heteroatoms. The van der Waals surface area contributed by atoms with Gasteiger partial charge in [-0.25, -0.2) is 0 Å². The van der Waals surface area contributed by atoms with Gasteiger partial charge in [0, 0.05) is 33.7 Å². The van der Waals surface area contributed by atoms with E-state index in [2.05, 4.69) is 31.2 Å². The van der Waals surface area contributed by atoms with Gasteiger partial charge in [0.15, 0.2) is 0 Å².